The van der Waals surface area contributed by atoms with Crippen LogP contribution in [0.3, 0.4) is 0 Å². The Morgan fingerprint density at radius 3 is 3.00 bits per heavy atom. The molecular weight excluding hydrogens is 204 g/mol. The second kappa shape index (κ2) is 4.28. The van der Waals surface area contributed by atoms with Gasteiger partial charge in [-0.15, -0.1) is 0 Å². The summed E-state index contributed by atoms with van der Waals surface area (Å²) in [6.07, 6.45) is 2.97. The maximum absolute atomic E-state index is 10.7. The Labute approximate surface area is 95.1 Å². The first-order chi connectivity index (χ1) is 7.56. The highest BCUT2D eigenvalue weighted by Gasteiger charge is 2.24. The number of hydrogen-bond donors (Lipinski definition) is 2. The topological polar surface area (TPSA) is 66.0 Å². The lowest BCUT2D eigenvalue weighted by atomic mass is 9.87. The first kappa shape index (κ1) is 11.2. The van der Waals surface area contributed by atoms with E-state index in [1.807, 2.05) is 0 Å². The van der Waals surface area contributed by atoms with E-state index in [1.165, 1.54) is 0 Å². The van der Waals surface area contributed by atoms with Crippen LogP contribution >= 0.6 is 0 Å². The summed E-state index contributed by atoms with van der Waals surface area (Å²) < 4.78 is 0. The molecule has 1 aromatic rings. The first-order valence-corrected chi connectivity index (χ1v) is 5.85. The number of imidazole rings is 1. The third kappa shape index (κ3) is 2.26. The SMILES string of the molecule is CC(C)c1nc2c([nH]1)CC(CC(=O)O)CC2. The number of hydrogen-bond acceptors (Lipinski definition) is 2. The van der Waals surface area contributed by atoms with Gasteiger partial charge in [0.05, 0.1) is 5.69 Å². The van der Waals surface area contributed by atoms with E-state index >= 15 is 0 Å². The van der Waals surface area contributed by atoms with Gasteiger partial charge in [-0.2, -0.15) is 0 Å². The van der Waals surface area contributed by atoms with Crippen molar-refractivity contribution in [2.45, 2.75) is 45.4 Å². The number of carbonyl (C=O) groups is 1. The molecule has 0 saturated carbocycles. The molecule has 1 aromatic heterocycles. The number of nitrogens with one attached hydrogen (secondary N) is 1. The van der Waals surface area contributed by atoms with E-state index < -0.39 is 5.97 Å². The van der Waals surface area contributed by atoms with E-state index in [-0.39, 0.29) is 12.3 Å². The Kier molecular flexibility index (Phi) is 2.99. The van der Waals surface area contributed by atoms with Crippen molar-refractivity contribution in [1.82, 2.24) is 9.97 Å². The molecule has 1 unspecified atom stereocenters. The standard InChI is InChI=1S/C12H18N2O2/c1-7(2)12-13-9-4-3-8(6-11(15)16)5-10(9)14-12/h7-8H,3-6H2,1-2H3,(H,13,14)(H,15,16). The zero-order valence-corrected chi connectivity index (χ0v) is 9.79. The van der Waals surface area contributed by atoms with E-state index in [0.29, 0.717) is 5.92 Å². The van der Waals surface area contributed by atoms with E-state index in [2.05, 4.69) is 23.8 Å². The molecule has 2 rings (SSSR count). The Morgan fingerprint density at radius 1 is 1.62 bits per heavy atom. The van der Waals surface area contributed by atoms with Crippen molar-refractivity contribution in [3.63, 3.8) is 0 Å². The molecule has 0 aromatic carbocycles. The van der Waals surface area contributed by atoms with Gasteiger partial charge in [-0.05, 0) is 25.2 Å². The van der Waals surface area contributed by atoms with Gasteiger partial charge in [0.1, 0.15) is 5.82 Å². The number of aromatic nitrogens is 2. The molecule has 0 aliphatic heterocycles. The second-order valence-corrected chi connectivity index (χ2v) is 4.91. The van der Waals surface area contributed by atoms with Crippen LogP contribution < -0.4 is 0 Å². The van der Waals surface area contributed by atoms with Gasteiger partial charge in [0.25, 0.3) is 0 Å². The second-order valence-electron chi connectivity index (χ2n) is 4.91. The van der Waals surface area contributed by atoms with Crippen molar-refractivity contribution in [3.8, 4) is 0 Å². The monoisotopic (exact) mass is 222 g/mol. The average Bonchev–Trinajstić information content (AvgIpc) is 2.59. The normalized spacial score (nSPS) is 19.8. The van der Waals surface area contributed by atoms with Crippen LogP contribution in [-0.2, 0) is 17.6 Å². The third-order valence-corrected chi connectivity index (χ3v) is 3.18. The van der Waals surface area contributed by atoms with Gasteiger partial charge in [-0.1, -0.05) is 13.8 Å². The number of carboxylic acid groups (broad SMARTS) is 1. The summed E-state index contributed by atoms with van der Waals surface area (Å²) in [5, 5.41) is 8.78. The number of rotatable bonds is 3. The molecule has 1 aliphatic rings. The molecule has 88 valence electrons. The number of aryl methyl sites for hydroxylation is 1. The number of nitrogens with zero attached hydrogens (tertiary/aromatic N) is 1. The molecule has 16 heavy (non-hydrogen) atoms. The Hall–Kier alpha value is -1.32. The fraction of sp³-hybridized carbons (Fsp3) is 0.667. The summed E-state index contributed by atoms with van der Waals surface area (Å²) in [6.45, 7) is 4.22. The molecule has 0 spiro atoms. The van der Waals surface area contributed by atoms with Crippen LogP contribution in [0.25, 0.3) is 0 Å². The van der Waals surface area contributed by atoms with Crippen molar-refractivity contribution in [1.29, 1.82) is 0 Å². The highest BCUT2D eigenvalue weighted by atomic mass is 16.4. The zero-order chi connectivity index (χ0) is 11.7. The molecule has 0 fully saturated rings. The predicted molar refractivity (Wildman–Crippen MR) is 60.4 cm³/mol. The van der Waals surface area contributed by atoms with Crippen LogP contribution in [0, 0.1) is 5.92 Å². The van der Waals surface area contributed by atoms with Crippen LogP contribution in [0.5, 0.6) is 0 Å². The van der Waals surface area contributed by atoms with Gasteiger partial charge < -0.3 is 10.1 Å². The Morgan fingerprint density at radius 2 is 2.38 bits per heavy atom. The number of H-pyrrole nitrogens is 1. The molecule has 1 atom stereocenters. The lowest BCUT2D eigenvalue weighted by molar-refractivity contribution is -0.138. The van der Waals surface area contributed by atoms with Crippen molar-refractivity contribution in [2.75, 3.05) is 0 Å². The molecule has 4 heteroatoms. The molecule has 1 heterocycles. The summed E-state index contributed by atoms with van der Waals surface area (Å²) in [5.74, 6) is 1.01. The lowest BCUT2D eigenvalue weighted by Gasteiger charge is -2.19. The molecule has 0 saturated heterocycles. The fourth-order valence-electron chi connectivity index (χ4n) is 2.27. The van der Waals surface area contributed by atoms with E-state index in [4.69, 9.17) is 5.11 Å². The molecule has 0 radical (unpaired) electrons. The van der Waals surface area contributed by atoms with Gasteiger partial charge in [-0.3, -0.25) is 4.79 Å². The molecule has 0 bridgehead atoms. The minimum absolute atomic E-state index is 0.269. The number of aliphatic carboxylic acids is 1. The maximum Gasteiger partial charge on any atom is 0.303 e. The summed E-state index contributed by atoms with van der Waals surface area (Å²) in [6, 6.07) is 0. The average molecular weight is 222 g/mol. The van der Waals surface area contributed by atoms with Gasteiger partial charge in [0.2, 0.25) is 0 Å². The lowest BCUT2D eigenvalue weighted by Crippen LogP contribution is -2.17. The summed E-state index contributed by atoms with van der Waals surface area (Å²) in [4.78, 5) is 18.6. The summed E-state index contributed by atoms with van der Waals surface area (Å²) in [7, 11) is 0. The predicted octanol–water partition coefficient (Wildman–Crippen LogP) is 2.11. The summed E-state index contributed by atoms with van der Waals surface area (Å²) in [5.41, 5.74) is 2.30. The third-order valence-electron chi connectivity index (χ3n) is 3.18. The first-order valence-electron chi connectivity index (χ1n) is 5.85. The van der Waals surface area contributed by atoms with Crippen LogP contribution in [0.15, 0.2) is 0 Å². The highest BCUT2D eigenvalue weighted by molar-refractivity contribution is 5.67. The fourth-order valence-corrected chi connectivity index (χ4v) is 2.27. The summed E-state index contributed by atoms with van der Waals surface area (Å²) >= 11 is 0. The van der Waals surface area contributed by atoms with E-state index in [1.54, 1.807) is 0 Å². The van der Waals surface area contributed by atoms with Crippen molar-refractivity contribution in [3.05, 3.63) is 17.2 Å². The minimum Gasteiger partial charge on any atom is -0.481 e. The van der Waals surface area contributed by atoms with E-state index in [9.17, 15) is 4.79 Å². The van der Waals surface area contributed by atoms with Crippen LogP contribution in [0.2, 0.25) is 0 Å². The Balaban J connectivity index is 2.11. The number of carboxylic acids is 1. The molecule has 4 nitrogen and oxygen atoms in total. The van der Waals surface area contributed by atoms with Crippen molar-refractivity contribution < 1.29 is 9.90 Å². The molecule has 0 amide bonds. The van der Waals surface area contributed by atoms with Crippen molar-refractivity contribution >= 4 is 5.97 Å². The van der Waals surface area contributed by atoms with Gasteiger partial charge in [0, 0.05) is 18.0 Å². The minimum atomic E-state index is -0.697. The molecule has 1 aliphatic carbocycles. The van der Waals surface area contributed by atoms with Gasteiger partial charge >= 0.3 is 5.97 Å². The van der Waals surface area contributed by atoms with Gasteiger partial charge in [0.15, 0.2) is 0 Å². The van der Waals surface area contributed by atoms with E-state index in [0.717, 1.165) is 36.5 Å². The highest BCUT2D eigenvalue weighted by Crippen LogP contribution is 2.27. The number of fused-ring (bicyclic) bond motifs is 1. The van der Waals surface area contributed by atoms with Crippen LogP contribution in [0.1, 0.15) is 49.8 Å². The zero-order valence-electron chi connectivity index (χ0n) is 9.79. The quantitative estimate of drug-likeness (QED) is 0.823. The maximum atomic E-state index is 10.7. The van der Waals surface area contributed by atoms with Crippen LogP contribution in [-0.4, -0.2) is 21.0 Å². The molecular formula is C12H18N2O2. The molecule has 2 N–H and O–H groups in total. The van der Waals surface area contributed by atoms with Crippen molar-refractivity contribution in [2.24, 2.45) is 5.92 Å². The smallest absolute Gasteiger partial charge is 0.303 e. The van der Waals surface area contributed by atoms with Crippen LogP contribution in [0.4, 0.5) is 0 Å². The van der Waals surface area contributed by atoms with Gasteiger partial charge in [-0.25, -0.2) is 4.98 Å². The largest absolute Gasteiger partial charge is 0.481 e. The number of aromatic amines is 1. The Bertz CT molecular complexity index is 396.